The summed E-state index contributed by atoms with van der Waals surface area (Å²) in [6.45, 7) is 1.23. The largest absolute Gasteiger partial charge is 0.497 e. The van der Waals surface area contributed by atoms with Crippen LogP contribution in [0.25, 0.3) is 0 Å². The summed E-state index contributed by atoms with van der Waals surface area (Å²) in [5, 5.41) is 2.93. The van der Waals surface area contributed by atoms with Gasteiger partial charge in [-0.3, -0.25) is 0 Å². The predicted molar refractivity (Wildman–Crippen MR) is 101 cm³/mol. The summed E-state index contributed by atoms with van der Waals surface area (Å²) < 4.78 is 21.1. The van der Waals surface area contributed by atoms with E-state index in [0.29, 0.717) is 18.8 Å². The molecule has 27 heavy (non-hydrogen) atoms. The minimum Gasteiger partial charge on any atom is -0.497 e. The zero-order valence-electron chi connectivity index (χ0n) is 14.9. The van der Waals surface area contributed by atoms with Crippen molar-refractivity contribution in [3.8, 4) is 5.75 Å². The van der Waals surface area contributed by atoms with E-state index < -0.39 is 0 Å². The third-order valence-corrected chi connectivity index (χ3v) is 4.80. The van der Waals surface area contributed by atoms with Gasteiger partial charge in [-0.1, -0.05) is 12.1 Å². The first kappa shape index (κ1) is 17.1. The second-order valence-electron chi connectivity index (χ2n) is 6.44. The number of carbonyl (C=O) groups is 1. The van der Waals surface area contributed by atoms with Crippen molar-refractivity contribution in [2.24, 2.45) is 0 Å². The van der Waals surface area contributed by atoms with Gasteiger partial charge in [-0.25, -0.2) is 9.18 Å². The van der Waals surface area contributed by atoms with E-state index in [4.69, 9.17) is 4.74 Å². The summed E-state index contributed by atoms with van der Waals surface area (Å²) in [5.74, 6) is 0.410. The number of fused-ring (bicyclic) bond motifs is 1. The van der Waals surface area contributed by atoms with Crippen LogP contribution in [0.5, 0.6) is 5.75 Å². The fourth-order valence-electron chi connectivity index (χ4n) is 3.50. The number of methoxy groups -OCH3 is 1. The summed E-state index contributed by atoms with van der Waals surface area (Å²) in [7, 11) is 1.60. The number of anilines is 1. The molecule has 0 saturated heterocycles. The molecule has 0 spiro atoms. The molecule has 4 rings (SSSR count). The molecule has 0 bridgehead atoms. The Hall–Kier alpha value is -3.28. The molecule has 2 amide bonds. The fourth-order valence-corrected chi connectivity index (χ4v) is 3.50. The van der Waals surface area contributed by atoms with Crippen molar-refractivity contribution in [3.05, 3.63) is 83.9 Å². The van der Waals surface area contributed by atoms with Gasteiger partial charge in [-0.2, -0.15) is 0 Å². The highest BCUT2D eigenvalue weighted by Crippen LogP contribution is 2.33. The Balaban J connectivity index is 1.64. The quantitative estimate of drug-likeness (QED) is 0.753. The topological polar surface area (TPSA) is 46.5 Å². The lowest BCUT2D eigenvalue weighted by Gasteiger charge is -2.37. The van der Waals surface area contributed by atoms with E-state index in [9.17, 15) is 9.18 Å². The number of rotatable bonds is 3. The molecule has 0 aliphatic carbocycles. The van der Waals surface area contributed by atoms with Crippen molar-refractivity contribution in [3.63, 3.8) is 0 Å². The van der Waals surface area contributed by atoms with Crippen LogP contribution in [0.4, 0.5) is 14.9 Å². The van der Waals surface area contributed by atoms with E-state index in [1.165, 1.54) is 12.1 Å². The lowest BCUT2D eigenvalue weighted by Crippen LogP contribution is -2.44. The van der Waals surface area contributed by atoms with Crippen LogP contribution >= 0.6 is 0 Å². The summed E-state index contributed by atoms with van der Waals surface area (Å²) in [5.41, 5.74) is 2.40. The zero-order valence-corrected chi connectivity index (χ0v) is 14.9. The number of nitrogens with zero attached hydrogens (tertiary/aromatic N) is 2. The minimum atomic E-state index is -0.345. The van der Waals surface area contributed by atoms with Gasteiger partial charge in [0.25, 0.3) is 0 Å². The SMILES string of the molecule is COc1ccc(NC(=O)N2CCn3cccc3C2c2cccc(F)c2)cc1. The third kappa shape index (κ3) is 3.38. The molecule has 1 atom stereocenters. The molecule has 0 fully saturated rings. The first-order valence-corrected chi connectivity index (χ1v) is 8.78. The number of benzene rings is 2. The molecule has 0 saturated carbocycles. The molecule has 3 aromatic rings. The van der Waals surface area contributed by atoms with Crippen LogP contribution in [-0.2, 0) is 6.54 Å². The van der Waals surface area contributed by atoms with Gasteiger partial charge in [0.05, 0.1) is 13.2 Å². The summed E-state index contributed by atoms with van der Waals surface area (Å²) in [6.07, 6.45) is 1.99. The normalized spacial score (nSPS) is 15.9. The van der Waals surface area contributed by atoms with Gasteiger partial charge in [0.2, 0.25) is 0 Å². The molecule has 2 heterocycles. The van der Waals surface area contributed by atoms with Gasteiger partial charge in [-0.05, 0) is 54.1 Å². The van der Waals surface area contributed by atoms with Gasteiger partial charge in [-0.15, -0.1) is 0 Å². The van der Waals surface area contributed by atoms with Crippen molar-refractivity contribution in [1.29, 1.82) is 0 Å². The molecule has 1 N–H and O–H groups in total. The molecule has 138 valence electrons. The molecule has 1 aliphatic heterocycles. The summed E-state index contributed by atoms with van der Waals surface area (Å²) >= 11 is 0. The van der Waals surface area contributed by atoms with Gasteiger partial charge >= 0.3 is 6.03 Å². The maximum Gasteiger partial charge on any atom is 0.322 e. The van der Waals surface area contributed by atoms with E-state index in [2.05, 4.69) is 9.88 Å². The second-order valence-corrected chi connectivity index (χ2v) is 6.44. The number of aromatic nitrogens is 1. The number of hydrogen-bond donors (Lipinski definition) is 1. The third-order valence-electron chi connectivity index (χ3n) is 4.80. The van der Waals surface area contributed by atoms with Crippen LogP contribution in [0.15, 0.2) is 66.9 Å². The number of halogens is 1. The van der Waals surface area contributed by atoms with Crippen LogP contribution < -0.4 is 10.1 Å². The van der Waals surface area contributed by atoms with Crippen molar-refractivity contribution in [1.82, 2.24) is 9.47 Å². The minimum absolute atomic E-state index is 0.220. The van der Waals surface area contributed by atoms with Gasteiger partial charge in [0.1, 0.15) is 11.6 Å². The average Bonchev–Trinajstić information content (AvgIpc) is 3.16. The Bertz CT molecular complexity index is 952. The average molecular weight is 365 g/mol. The number of ether oxygens (including phenoxy) is 1. The molecule has 1 unspecified atom stereocenters. The van der Waals surface area contributed by atoms with Crippen LogP contribution in [0.3, 0.4) is 0 Å². The molecule has 1 aromatic heterocycles. The van der Waals surface area contributed by atoms with Crippen LogP contribution in [0, 0.1) is 5.82 Å². The monoisotopic (exact) mass is 365 g/mol. The molecule has 0 radical (unpaired) electrons. The first-order chi connectivity index (χ1) is 13.2. The maximum atomic E-state index is 13.8. The van der Waals surface area contributed by atoms with Crippen LogP contribution in [-0.4, -0.2) is 29.2 Å². The number of amides is 2. The van der Waals surface area contributed by atoms with Gasteiger partial charge < -0.3 is 19.5 Å². The molecule has 1 aliphatic rings. The lowest BCUT2D eigenvalue weighted by atomic mass is 10.00. The van der Waals surface area contributed by atoms with E-state index in [1.54, 1.807) is 42.3 Å². The Morgan fingerprint density at radius 3 is 2.67 bits per heavy atom. The lowest BCUT2D eigenvalue weighted by molar-refractivity contribution is 0.181. The Labute approximate surface area is 157 Å². The highest BCUT2D eigenvalue weighted by molar-refractivity contribution is 5.90. The van der Waals surface area contributed by atoms with Gasteiger partial charge in [0, 0.05) is 30.7 Å². The van der Waals surface area contributed by atoms with Crippen LogP contribution in [0.2, 0.25) is 0 Å². The summed E-state index contributed by atoms with van der Waals surface area (Å²) in [6, 6.07) is 17.0. The van der Waals surface area contributed by atoms with Crippen molar-refractivity contribution >= 4 is 11.7 Å². The number of hydrogen-bond acceptors (Lipinski definition) is 2. The van der Waals surface area contributed by atoms with Crippen molar-refractivity contribution in [2.45, 2.75) is 12.6 Å². The van der Waals surface area contributed by atoms with E-state index in [0.717, 1.165) is 17.0 Å². The molecule has 2 aromatic carbocycles. The molecular weight excluding hydrogens is 345 g/mol. The number of nitrogens with one attached hydrogen (secondary N) is 1. The van der Waals surface area contributed by atoms with Crippen LogP contribution in [0.1, 0.15) is 17.3 Å². The molecule has 5 nitrogen and oxygen atoms in total. The van der Waals surface area contributed by atoms with Gasteiger partial charge in [0.15, 0.2) is 0 Å². The Morgan fingerprint density at radius 1 is 1.11 bits per heavy atom. The van der Waals surface area contributed by atoms with E-state index >= 15 is 0 Å². The standard InChI is InChI=1S/C21H20FN3O2/c1-27-18-9-7-17(8-10-18)23-21(26)25-13-12-24-11-3-6-19(24)20(25)15-4-2-5-16(22)14-15/h2-11,14,20H,12-13H2,1H3,(H,23,26). The first-order valence-electron chi connectivity index (χ1n) is 8.78. The Morgan fingerprint density at radius 2 is 1.93 bits per heavy atom. The zero-order chi connectivity index (χ0) is 18.8. The predicted octanol–water partition coefficient (Wildman–Crippen LogP) is 4.27. The fraction of sp³-hybridized carbons (Fsp3) is 0.190. The van der Waals surface area contributed by atoms with Crippen molar-refractivity contribution in [2.75, 3.05) is 19.0 Å². The van der Waals surface area contributed by atoms with Crippen molar-refractivity contribution < 1.29 is 13.9 Å². The number of urea groups is 1. The maximum absolute atomic E-state index is 13.8. The molecule has 6 heteroatoms. The second kappa shape index (κ2) is 7.15. The van der Waals surface area contributed by atoms with E-state index in [-0.39, 0.29) is 17.9 Å². The summed E-state index contributed by atoms with van der Waals surface area (Å²) in [4.78, 5) is 14.7. The van der Waals surface area contributed by atoms with E-state index in [1.807, 2.05) is 24.4 Å². The smallest absolute Gasteiger partial charge is 0.322 e. The molecular formula is C21H20FN3O2. The number of carbonyl (C=O) groups excluding carboxylic acids is 1. The highest BCUT2D eigenvalue weighted by Gasteiger charge is 2.32. The Kier molecular flexibility index (Phi) is 4.54. The highest BCUT2D eigenvalue weighted by atomic mass is 19.1.